The van der Waals surface area contributed by atoms with Gasteiger partial charge >= 0.3 is 5.97 Å². The van der Waals surface area contributed by atoms with Crippen molar-refractivity contribution in [3.63, 3.8) is 0 Å². The lowest BCUT2D eigenvalue weighted by Crippen LogP contribution is -2.07. The molecule has 7 heteroatoms. The highest BCUT2D eigenvalue weighted by Crippen LogP contribution is 2.27. The molecule has 15 heavy (non-hydrogen) atoms. The van der Waals surface area contributed by atoms with Crippen molar-refractivity contribution in [1.82, 2.24) is 4.98 Å². The van der Waals surface area contributed by atoms with E-state index < -0.39 is 18.1 Å². The number of ether oxygens (including phenoxy) is 1. The van der Waals surface area contributed by atoms with Crippen LogP contribution >= 0.6 is 34.2 Å². The number of esters is 1. The molecule has 0 saturated carbocycles. The minimum Gasteiger partial charge on any atom is -0.465 e. The van der Waals surface area contributed by atoms with Crippen LogP contribution in [0.3, 0.4) is 0 Å². The minimum absolute atomic E-state index is 0.0764. The van der Waals surface area contributed by atoms with E-state index in [1.807, 2.05) is 0 Å². The summed E-state index contributed by atoms with van der Waals surface area (Å²) in [5.74, 6) is -0.658. The van der Waals surface area contributed by atoms with Crippen molar-refractivity contribution in [3.05, 3.63) is 26.0 Å². The summed E-state index contributed by atoms with van der Waals surface area (Å²) in [6.07, 6.45) is -2.77. The Morgan fingerprint density at radius 2 is 2.27 bits per heavy atom. The van der Waals surface area contributed by atoms with Gasteiger partial charge in [0.05, 0.1) is 17.7 Å². The van der Waals surface area contributed by atoms with E-state index in [1.165, 1.54) is 7.11 Å². The van der Waals surface area contributed by atoms with Crippen LogP contribution in [0.25, 0.3) is 0 Å². The molecular weight excluding hydrogens is 342 g/mol. The molecule has 0 aliphatic carbocycles. The third-order valence-electron chi connectivity index (χ3n) is 1.57. The van der Waals surface area contributed by atoms with Gasteiger partial charge in [0.15, 0.2) is 0 Å². The van der Waals surface area contributed by atoms with Crippen LogP contribution < -0.4 is 0 Å². The topological polar surface area (TPSA) is 39.2 Å². The van der Waals surface area contributed by atoms with Crippen molar-refractivity contribution in [2.75, 3.05) is 7.11 Å². The second kappa shape index (κ2) is 5.02. The second-order valence-electron chi connectivity index (χ2n) is 2.49. The van der Waals surface area contributed by atoms with Crippen molar-refractivity contribution in [3.8, 4) is 0 Å². The van der Waals surface area contributed by atoms with Crippen LogP contribution in [0.4, 0.5) is 8.78 Å². The molecule has 3 nitrogen and oxygen atoms in total. The summed E-state index contributed by atoms with van der Waals surface area (Å²) >= 11 is 7.21. The predicted molar refractivity (Wildman–Crippen MR) is 58.3 cm³/mol. The number of nitrogens with zero attached hydrogens (tertiary/aromatic N) is 1. The van der Waals surface area contributed by atoms with E-state index in [1.54, 1.807) is 22.6 Å². The molecule has 0 radical (unpaired) electrons. The molecule has 0 aliphatic rings. The van der Waals surface area contributed by atoms with Gasteiger partial charge in [-0.15, -0.1) is 0 Å². The van der Waals surface area contributed by atoms with Crippen molar-refractivity contribution < 1.29 is 18.3 Å². The Labute approximate surface area is 103 Å². The number of rotatable bonds is 2. The summed E-state index contributed by atoms with van der Waals surface area (Å²) in [4.78, 5) is 14.7. The highest BCUT2D eigenvalue weighted by atomic mass is 127. The maximum absolute atomic E-state index is 12.4. The Hall–Kier alpha value is -0.500. The first kappa shape index (κ1) is 12.6. The van der Waals surface area contributed by atoms with Crippen LogP contribution in [0.2, 0.25) is 5.02 Å². The number of carbonyl (C=O) groups excluding carboxylic acids is 1. The molecule has 0 bridgehead atoms. The molecule has 1 heterocycles. The smallest absolute Gasteiger partial charge is 0.340 e. The van der Waals surface area contributed by atoms with Gasteiger partial charge in [-0.2, -0.15) is 0 Å². The Morgan fingerprint density at radius 1 is 1.67 bits per heavy atom. The molecule has 0 amide bonds. The third-order valence-corrected chi connectivity index (χ3v) is 2.69. The minimum atomic E-state index is -2.77. The second-order valence-corrected chi connectivity index (χ2v) is 3.92. The van der Waals surface area contributed by atoms with E-state index in [2.05, 4.69) is 9.72 Å². The van der Waals surface area contributed by atoms with Crippen LogP contribution in [-0.4, -0.2) is 18.1 Å². The highest BCUT2D eigenvalue weighted by molar-refractivity contribution is 14.1. The number of alkyl halides is 2. The van der Waals surface area contributed by atoms with E-state index >= 15 is 0 Å². The lowest BCUT2D eigenvalue weighted by Gasteiger charge is -2.06. The zero-order valence-corrected chi connectivity index (χ0v) is 10.3. The molecule has 0 saturated heterocycles. The van der Waals surface area contributed by atoms with Gasteiger partial charge in [0.25, 0.3) is 6.43 Å². The first-order valence-corrected chi connectivity index (χ1v) is 5.15. The van der Waals surface area contributed by atoms with Crippen molar-refractivity contribution >= 4 is 40.2 Å². The highest BCUT2D eigenvalue weighted by Gasteiger charge is 2.20. The Bertz CT molecular complexity index is 400. The number of hydrogen-bond acceptors (Lipinski definition) is 3. The quantitative estimate of drug-likeness (QED) is 0.469. The molecule has 0 aromatic carbocycles. The van der Waals surface area contributed by atoms with Crippen LogP contribution in [0.15, 0.2) is 6.07 Å². The number of methoxy groups -OCH3 is 1. The van der Waals surface area contributed by atoms with Crippen molar-refractivity contribution in [1.29, 1.82) is 0 Å². The Kier molecular flexibility index (Phi) is 4.21. The fourth-order valence-corrected chi connectivity index (χ4v) is 1.76. The molecular formula is C8H5ClF2INO2. The molecule has 1 rings (SSSR count). The fraction of sp³-hybridized carbons (Fsp3) is 0.250. The van der Waals surface area contributed by atoms with Crippen LogP contribution in [0.5, 0.6) is 0 Å². The van der Waals surface area contributed by atoms with Crippen molar-refractivity contribution in [2.45, 2.75) is 6.43 Å². The lowest BCUT2D eigenvalue weighted by molar-refractivity contribution is 0.0598. The first-order valence-electron chi connectivity index (χ1n) is 3.69. The Morgan fingerprint density at radius 3 is 2.73 bits per heavy atom. The van der Waals surface area contributed by atoms with E-state index in [4.69, 9.17) is 11.6 Å². The summed E-state index contributed by atoms with van der Waals surface area (Å²) in [6, 6.07) is 1.13. The van der Waals surface area contributed by atoms with Gasteiger partial charge in [0, 0.05) is 0 Å². The van der Waals surface area contributed by atoms with E-state index in [0.717, 1.165) is 6.07 Å². The van der Waals surface area contributed by atoms with E-state index in [9.17, 15) is 13.6 Å². The molecule has 1 aromatic heterocycles. The van der Waals surface area contributed by atoms with Crippen LogP contribution in [-0.2, 0) is 4.74 Å². The van der Waals surface area contributed by atoms with Gasteiger partial charge in [-0.05, 0) is 28.7 Å². The van der Waals surface area contributed by atoms with Crippen molar-refractivity contribution in [2.24, 2.45) is 0 Å². The van der Waals surface area contributed by atoms with Crippen LogP contribution in [0.1, 0.15) is 22.5 Å². The fourth-order valence-electron chi connectivity index (χ4n) is 0.886. The summed E-state index contributed by atoms with van der Waals surface area (Å²) in [5, 5.41) is -0.245. The van der Waals surface area contributed by atoms with Gasteiger partial charge in [-0.3, -0.25) is 0 Å². The average molecular weight is 347 g/mol. The van der Waals surface area contributed by atoms with Crippen LogP contribution in [0, 0.1) is 3.70 Å². The summed E-state index contributed by atoms with van der Waals surface area (Å²) < 4.78 is 29.3. The standard InChI is InChI=1S/C8H5ClF2INO2/c1-15-8(14)3-2-4(9)5(6(10)11)13-7(3)12/h2,6H,1H3. The monoisotopic (exact) mass is 347 g/mol. The van der Waals surface area contributed by atoms with Gasteiger partial charge in [0.1, 0.15) is 9.39 Å². The normalized spacial score (nSPS) is 10.5. The lowest BCUT2D eigenvalue weighted by atomic mass is 10.2. The SMILES string of the molecule is COC(=O)c1cc(Cl)c(C(F)F)nc1I. The summed E-state index contributed by atoms with van der Waals surface area (Å²) in [7, 11) is 1.19. The molecule has 1 aromatic rings. The maximum Gasteiger partial charge on any atom is 0.340 e. The molecule has 82 valence electrons. The summed E-state index contributed by atoms with van der Waals surface area (Å²) in [6.45, 7) is 0. The molecule has 0 spiro atoms. The van der Waals surface area contributed by atoms with Gasteiger partial charge in [0.2, 0.25) is 0 Å². The number of pyridine rings is 1. The molecule has 0 N–H and O–H groups in total. The zero-order chi connectivity index (χ0) is 11.6. The van der Waals surface area contributed by atoms with Gasteiger partial charge in [-0.25, -0.2) is 18.6 Å². The number of hydrogen-bond donors (Lipinski definition) is 0. The largest absolute Gasteiger partial charge is 0.465 e. The zero-order valence-electron chi connectivity index (χ0n) is 7.43. The van der Waals surface area contributed by atoms with E-state index in [0.29, 0.717) is 0 Å². The third kappa shape index (κ3) is 2.75. The first-order chi connectivity index (χ1) is 6.97. The molecule has 0 aliphatic heterocycles. The number of aromatic nitrogens is 1. The molecule has 0 unspecified atom stereocenters. The Balaban J connectivity index is 3.25. The average Bonchev–Trinajstić information content (AvgIpc) is 2.19. The van der Waals surface area contributed by atoms with Gasteiger partial charge in [-0.1, -0.05) is 11.6 Å². The number of carbonyl (C=O) groups is 1. The molecule has 0 atom stereocenters. The molecule has 0 fully saturated rings. The summed E-state index contributed by atoms with van der Waals surface area (Å²) in [5.41, 5.74) is -0.457. The predicted octanol–water partition coefficient (Wildman–Crippen LogP) is 3.06. The maximum atomic E-state index is 12.4. The number of halogens is 4. The van der Waals surface area contributed by atoms with E-state index in [-0.39, 0.29) is 14.3 Å². The van der Waals surface area contributed by atoms with Gasteiger partial charge < -0.3 is 4.74 Å².